The van der Waals surface area contributed by atoms with Crippen LogP contribution >= 0.6 is 0 Å². The van der Waals surface area contributed by atoms with E-state index in [9.17, 15) is 0 Å². The van der Waals surface area contributed by atoms with Crippen LogP contribution in [-0.4, -0.2) is 27.3 Å². The maximum atomic E-state index is 4.07. The van der Waals surface area contributed by atoms with Gasteiger partial charge >= 0.3 is 0 Å². The van der Waals surface area contributed by atoms with Crippen LogP contribution in [0.4, 0.5) is 0 Å². The molecule has 1 saturated carbocycles. The number of hydrogen-bond donors (Lipinski definition) is 1. The fourth-order valence-electron chi connectivity index (χ4n) is 2.41. The minimum atomic E-state index is 0.221. The highest BCUT2D eigenvalue weighted by atomic mass is 15.5. The molecule has 0 radical (unpaired) electrons. The van der Waals surface area contributed by atoms with Gasteiger partial charge in [-0.2, -0.15) is 0 Å². The lowest BCUT2D eigenvalue weighted by Crippen LogP contribution is -2.19. The summed E-state index contributed by atoms with van der Waals surface area (Å²) in [5, 5.41) is 15.1. The summed E-state index contributed by atoms with van der Waals surface area (Å²) in [7, 11) is 1.93. The summed E-state index contributed by atoms with van der Waals surface area (Å²) in [6.45, 7) is 3.04. The normalized spacial score (nSPS) is 19.1. The molecule has 2 rings (SSSR count). The van der Waals surface area contributed by atoms with Crippen molar-refractivity contribution in [3.8, 4) is 0 Å². The van der Waals surface area contributed by atoms with Crippen LogP contribution in [0.2, 0.25) is 0 Å². The Morgan fingerprint density at radius 1 is 1.44 bits per heavy atom. The van der Waals surface area contributed by atoms with Gasteiger partial charge in [-0.15, -0.1) is 5.10 Å². The molecular formula is C11H21N5. The molecule has 1 aromatic rings. The second-order valence-electron chi connectivity index (χ2n) is 4.71. The lowest BCUT2D eigenvalue weighted by atomic mass is 10.0. The van der Waals surface area contributed by atoms with Crippen LogP contribution in [0.1, 0.15) is 50.9 Å². The smallest absolute Gasteiger partial charge is 0.167 e. The molecule has 1 aromatic heterocycles. The van der Waals surface area contributed by atoms with Crippen molar-refractivity contribution < 1.29 is 0 Å². The van der Waals surface area contributed by atoms with E-state index in [1.54, 1.807) is 0 Å². The van der Waals surface area contributed by atoms with E-state index in [1.165, 1.54) is 32.1 Å². The van der Waals surface area contributed by atoms with Crippen molar-refractivity contribution in [1.82, 2.24) is 25.5 Å². The first kappa shape index (κ1) is 11.5. The first-order valence-electron chi connectivity index (χ1n) is 6.24. The molecule has 0 aliphatic heterocycles. The minimum absolute atomic E-state index is 0.221. The van der Waals surface area contributed by atoms with Crippen LogP contribution in [-0.2, 0) is 6.54 Å². The quantitative estimate of drug-likeness (QED) is 0.822. The largest absolute Gasteiger partial charge is 0.311 e. The molecule has 5 heteroatoms. The van der Waals surface area contributed by atoms with E-state index in [4.69, 9.17) is 0 Å². The number of aromatic nitrogens is 4. The number of nitrogens with zero attached hydrogens (tertiary/aromatic N) is 4. The predicted octanol–water partition coefficient (Wildman–Crippen LogP) is 1.53. The fraction of sp³-hybridized carbons (Fsp3) is 0.909. The molecule has 1 N–H and O–H groups in total. The molecule has 90 valence electrons. The third kappa shape index (κ3) is 2.58. The first-order chi connectivity index (χ1) is 7.81. The van der Waals surface area contributed by atoms with Crippen molar-refractivity contribution >= 4 is 0 Å². The molecule has 0 bridgehead atoms. The Morgan fingerprint density at radius 3 is 2.88 bits per heavy atom. The van der Waals surface area contributed by atoms with Crippen molar-refractivity contribution in [3.63, 3.8) is 0 Å². The Morgan fingerprint density at radius 2 is 2.19 bits per heavy atom. The molecule has 1 aliphatic rings. The standard InChI is InChI=1S/C11H21N5/c1-9(12-2)11-13-14-15-16(11)8-7-10-5-3-4-6-10/h9-10,12H,3-8H2,1-2H3. The highest BCUT2D eigenvalue weighted by Gasteiger charge is 2.17. The van der Waals surface area contributed by atoms with Crippen molar-refractivity contribution in [1.29, 1.82) is 0 Å². The monoisotopic (exact) mass is 223 g/mol. The molecule has 1 atom stereocenters. The molecule has 0 spiro atoms. The van der Waals surface area contributed by atoms with Gasteiger partial charge in [0, 0.05) is 6.54 Å². The summed E-state index contributed by atoms with van der Waals surface area (Å²) < 4.78 is 1.94. The number of hydrogen-bond acceptors (Lipinski definition) is 4. The van der Waals surface area contributed by atoms with E-state index in [-0.39, 0.29) is 6.04 Å². The van der Waals surface area contributed by atoms with Gasteiger partial charge in [-0.25, -0.2) is 4.68 Å². The van der Waals surface area contributed by atoms with Crippen LogP contribution in [0.5, 0.6) is 0 Å². The number of aryl methyl sites for hydroxylation is 1. The van der Waals surface area contributed by atoms with E-state index in [1.807, 2.05) is 11.7 Å². The Kier molecular flexibility index (Phi) is 3.88. The van der Waals surface area contributed by atoms with Gasteiger partial charge in [0.05, 0.1) is 6.04 Å². The highest BCUT2D eigenvalue weighted by molar-refractivity contribution is 4.88. The van der Waals surface area contributed by atoms with Crippen molar-refractivity contribution in [3.05, 3.63) is 5.82 Å². The second-order valence-corrected chi connectivity index (χ2v) is 4.71. The lowest BCUT2D eigenvalue weighted by Gasteiger charge is -2.12. The van der Waals surface area contributed by atoms with Gasteiger partial charge in [-0.3, -0.25) is 0 Å². The summed E-state index contributed by atoms with van der Waals surface area (Å²) >= 11 is 0. The molecule has 0 aromatic carbocycles. The Bertz CT molecular complexity index is 316. The average Bonchev–Trinajstić information content (AvgIpc) is 2.96. The Balaban J connectivity index is 1.90. The van der Waals surface area contributed by atoms with Gasteiger partial charge in [-0.05, 0) is 36.7 Å². The van der Waals surface area contributed by atoms with Gasteiger partial charge in [0.25, 0.3) is 0 Å². The molecule has 16 heavy (non-hydrogen) atoms. The Hall–Kier alpha value is -0.970. The van der Waals surface area contributed by atoms with Gasteiger partial charge in [0.2, 0.25) is 0 Å². The predicted molar refractivity (Wildman–Crippen MR) is 61.9 cm³/mol. The van der Waals surface area contributed by atoms with Crippen molar-refractivity contribution in [2.24, 2.45) is 5.92 Å². The third-order valence-corrected chi connectivity index (χ3v) is 3.60. The SMILES string of the molecule is CNC(C)c1nnnn1CCC1CCCC1. The topological polar surface area (TPSA) is 55.6 Å². The zero-order valence-corrected chi connectivity index (χ0v) is 10.2. The van der Waals surface area contributed by atoms with Crippen molar-refractivity contribution in [2.75, 3.05) is 7.05 Å². The zero-order chi connectivity index (χ0) is 11.4. The van der Waals surface area contributed by atoms with Crippen LogP contribution in [0, 0.1) is 5.92 Å². The van der Waals surface area contributed by atoms with Crippen LogP contribution in [0.3, 0.4) is 0 Å². The lowest BCUT2D eigenvalue weighted by molar-refractivity contribution is 0.416. The first-order valence-corrected chi connectivity index (χ1v) is 6.24. The molecule has 0 saturated heterocycles. The molecule has 1 fully saturated rings. The van der Waals surface area contributed by atoms with Gasteiger partial charge in [0.15, 0.2) is 5.82 Å². The summed E-state index contributed by atoms with van der Waals surface area (Å²) in [4.78, 5) is 0. The summed E-state index contributed by atoms with van der Waals surface area (Å²) in [6, 6.07) is 0.221. The van der Waals surface area contributed by atoms with E-state index in [0.29, 0.717) is 0 Å². The summed E-state index contributed by atoms with van der Waals surface area (Å²) in [6.07, 6.45) is 6.80. The maximum Gasteiger partial charge on any atom is 0.167 e. The number of rotatable bonds is 5. The average molecular weight is 223 g/mol. The van der Waals surface area contributed by atoms with Gasteiger partial charge < -0.3 is 5.32 Å². The Labute approximate surface area is 96.6 Å². The minimum Gasteiger partial charge on any atom is -0.311 e. The van der Waals surface area contributed by atoms with Crippen molar-refractivity contribution in [2.45, 2.75) is 51.6 Å². The third-order valence-electron chi connectivity index (χ3n) is 3.60. The van der Waals surface area contributed by atoms with Gasteiger partial charge in [-0.1, -0.05) is 25.7 Å². The zero-order valence-electron chi connectivity index (χ0n) is 10.2. The fourth-order valence-corrected chi connectivity index (χ4v) is 2.41. The molecule has 1 aliphatic carbocycles. The van der Waals surface area contributed by atoms with Crippen LogP contribution in [0.25, 0.3) is 0 Å². The molecule has 5 nitrogen and oxygen atoms in total. The van der Waals surface area contributed by atoms with Crippen LogP contribution in [0.15, 0.2) is 0 Å². The van der Waals surface area contributed by atoms with E-state index < -0.39 is 0 Å². The van der Waals surface area contributed by atoms with Crippen LogP contribution < -0.4 is 5.32 Å². The highest BCUT2D eigenvalue weighted by Crippen LogP contribution is 2.27. The molecule has 0 amide bonds. The summed E-state index contributed by atoms with van der Waals surface area (Å²) in [5.74, 6) is 1.84. The van der Waals surface area contributed by atoms with Gasteiger partial charge in [0.1, 0.15) is 0 Å². The summed E-state index contributed by atoms with van der Waals surface area (Å²) in [5.41, 5.74) is 0. The molecule has 1 heterocycles. The number of nitrogens with one attached hydrogen (secondary N) is 1. The second kappa shape index (κ2) is 5.39. The maximum absolute atomic E-state index is 4.07. The molecule has 1 unspecified atom stereocenters. The van der Waals surface area contributed by atoms with E-state index in [2.05, 4.69) is 27.8 Å². The number of tetrazole rings is 1. The molecular weight excluding hydrogens is 202 g/mol. The van der Waals surface area contributed by atoms with E-state index in [0.717, 1.165) is 18.3 Å². The van der Waals surface area contributed by atoms with E-state index >= 15 is 0 Å².